The summed E-state index contributed by atoms with van der Waals surface area (Å²) in [4.78, 5) is 16.6. The van der Waals surface area contributed by atoms with E-state index in [4.69, 9.17) is 0 Å². The molecule has 3 heterocycles. The predicted octanol–water partition coefficient (Wildman–Crippen LogP) is 3.29. The molecule has 0 aromatic carbocycles. The van der Waals surface area contributed by atoms with Crippen LogP contribution in [0.2, 0.25) is 0 Å². The summed E-state index contributed by atoms with van der Waals surface area (Å²) < 4.78 is 1.73. The van der Waals surface area contributed by atoms with Crippen molar-refractivity contribution in [2.24, 2.45) is 4.99 Å². The fourth-order valence-corrected chi connectivity index (χ4v) is 2.50. The first-order valence-corrected chi connectivity index (χ1v) is 7.75. The van der Waals surface area contributed by atoms with Crippen LogP contribution in [0, 0.1) is 0 Å². The highest BCUT2D eigenvalue weighted by Gasteiger charge is 2.20. The van der Waals surface area contributed by atoms with Gasteiger partial charge in [0.2, 0.25) is 5.88 Å². The maximum Gasteiger partial charge on any atom is 0.221 e. The van der Waals surface area contributed by atoms with Crippen molar-refractivity contribution in [3.05, 3.63) is 42.1 Å². The summed E-state index contributed by atoms with van der Waals surface area (Å²) in [5.41, 5.74) is 2.73. The van der Waals surface area contributed by atoms with Crippen LogP contribution in [0.4, 0.5) is 0 Å². The normalized spacial score (nSPS) is 12.7. The summed E-state index contributed by atoms with van der Waals surface area (Å²) in [6.45, 7) is 7.99. The molecule has 0 fully saturated rings. The van der Waals surface area contributed by atoms with Crippen LogP contribution in [0.15, 0.2) is 35.7 Å². The topological polar surface area (TPSA) is 79.1 Å². The third-order valence-corrected chi connectivity index (χ3v) is 3.58. The quantitative estimate of drug-likeness (QED) is 0.726. The van der Waals surface area contributed by atoms with Gasteiger partial charge in [-0.25, -0.2) is 9.97 Å². The summed E-state index contributed by atoms with van der Waals surface area (Å²) in [6.07, 6.45) is 3.39. The number of aromatic amines is 1. The molecule has 6 heteroatoms. The Morgan fingerprint density at radius 3 is 2.65 bits per heavy atom. The van der Waals surface area contributed by atoms with Crippen LogP contribution in [-0.4, -0.2) is 36.4 Å². The van der Waals surface area contributed by atoms with Gasteiger partial charge in [-0.2, -0.15) is 0 Å². The van der Waals surface area contributed by atoms with Crippen LogP contribution in [0.5, 0.6) is 5.88 Å². The first kappa shape index (κ1) is 15.3. The molecule has 0 saturated carbocycles. The van der Waals surface area contributed by atoms with Crippen LogP contribution in [0.3, 0.4) is 0 Å². The average Bonchev–Trinajstić information content (AvgIpc) is 3.08. The summed E-state index contributed by atoms with van der Waals surface area (Å²) in [5.74, 6) is 0.131. The molecule has 0 atom stereocenters. The molecule has 2 N–H and O–H groups in total. The molecule has 6 nitrogen and oxygen atoms in total. The van der Waals surface area contributed by atoms with E-state index in [1.54, 1.807) is 17.1 Å². The molecule has 0 bridgehead atoms. The molecule has 0 saturated heterocycles. The van der Waals surface area contributed by atoms with Gasteiger partial charge in [0.15, 0.2) is 5.69 Å². The van der Waals surface area contributed by atoms with Gasteiger partial charge in [0.25, 0.3) is 0 Å². The maximum absolute atomic E-state index is 10.5. The second-order valence-corrected chi connectivity index (χ2v) is 6.11. The number of pyridine rings is 1. The molecule has 0 unspecified atom stereocenters. The minimum atomic E-state index is 0.0768. The number of hydrogen-bond acceptors (Lipinski definition) is 4. The van der Waals surface area contributed by atoms with Crippen molar-refractivity contribution >= 4 is 16.7 Å². The minimum absolute atomic E-state index is 0.0768. The Morgan fingerprint density at radius 2 is 2.04 bits per heavy atom. The highest BCUT2D eigenvalue weighted by atomic mass is 16.3. The first-order chi connectivity index (χ1) is 11.0. The molecule has 3 rings (SSSR count). The fraction of sp³-hybridized carbons (Fsp3) is 0.353. The number of nitrogens with one attached hydrogen (secondary N) is 1. The van der Waals surface area contributed by atoms with E-state index in [2.05, 4.69) is 19.9 Å². The van der Waals surface area contributed by atoms with Gasteiger partial charge in [-0.1, -0.05) is 0 Å². The van der Waals surface area contributed by atoms with Crippen molar-refractivity contribution < 1.29 is 5.11 Å². The van der Waals surface area contributed by atoms with Gasteiger partial charge >= 0.3 is 0 Å². The molecule has 0 aliphatic carbocycles. The molecule has 0 spiro atoms. The molecule has 0 aliphatic heterocycles. The molecule has 0 aliphatic rings. The highest BCUT2D eigenvalue weighted by molar-refractivity contribution is 6.13. The highest BCUT2D eigenvalue weighted by Crippen LogP contribution is 2.25. The van der Waals surface area contributed by atoms with Crippen LogP contribution in [0.1, 0.15) is 45.1 Å². The van der Waals surface area contributed by atoms with Crippen molar-refractivity contribution in [3.63, 3.8) is 0 Å². The first-order valence-electron chi connectivity index (χ1n) is 7.75. The summed E-state index contributed by atoms with van der Waals surface area (Å²) in [7, 11) is 0. The van der Waals surface area contributed by atoms with Crippen molar-refractivity contribution in [2.45, 2.75) is 39.8 Å². The van der Waals surface area contributed by atoms with Gasteiger partial charge in [0, 0.05) is 23.7 Å². The van der Waals surface area contributed by atoms with Gasteiger partial charge in [0.1, 0.15) is 11.4 Å². The molecule has 120 valence electrons. The van der Waals surface area contributed by atoms with Crippen molar-refractivity contribution in [1.29, 1.82) is 0 Å². The van der Waals surface area contributed by atoms with Crippen molar-refractivity contribution in [1.82, 2.24) is 19.5 Å². The minimum Gasteiger partial charge on any atom is -0.493 e. The second-order valence-electron chi connectivity index (χ2n) is 6.11. The number of H-pyrrole nitrogens is 1. The van der Waals surface area contributed by atoms with Gasteiger partial charge in [-0.15, -0.1) is 0 Å². The molecule has 0 amide bonds. The zero-order valence-corrected chi connectivity index (χ0v) is 13.8. The lowest BCUT2D eigenvalue weighted by Gasteiger charge is -2.09. The number of nitrogens with zero attached hydrogens (tertiary/aromatic N) is 4. The lowest BCUT2D eigenvalue weighted by atomic mass is 10.2. The molecule has 3 aromatic heterocycles. The Balaban J connectivity index is 2.16. The molecule has 0 radical (unpaired) electrons. The number of rotatable bonds is 4. The van der Waals surface area contributed by atoms with E-state index in [9.17, 15) is 5.11 Å². The number of aromatic nitrogens is 4. The number of imidazole rings is 1. The standard InChI is InChI=1S/C17H21N5O/c1-10(2)20-14(15-17(23)22(9-19-15)11(3)4)13-8-12-6-5-7-18-16(12)21-13/h5-11,23H,1-4H3,(H,18,21). The van der Waals surface area contributed by atoms with E-state index in [0.717, 1.165) is 16.7 Å². The Bertz CT molecular complexity index is 824. The van der Waals surface area contributed by atoms with E-state index in [1.807, 2.05) is 45.9 Å². The second kappa shape index (κ2) is 5.87. The van der Waals surface area contributed by atoms with Crippen molar-refractivity contribution in [2.75, 3.05) is 0 Å². The zero-order chi connectivity index (χ0) is 16.6. The Kier molecular flexibility index (Phi) is 3.90. The monoisotopic (exact) mass is 311 g/mol. The average molecular weight is 311 g/mol. The smallest absolute Gasteiger partial charge is 0.221 e. The molecule has 23 heavy (non-hydrogen) atoms. The van der Waals surface area contributed by atoms with E-state index in [-0.39, 0.29) is 18.0 Å². The lowest BCUT2D eigenvalue weighted by molar-refractivity contribution is 0.399. The van der Waals surface area contributed by atoms with E-state index in [0.29, 0.717) is 11.4 Å². The largest absolute Gasteiger partial charge is 0.493 e. The van der Waals surface area contributed by atoms with Crippen LogP contribution in [0.25, 0.3) is 11.0 Å². The van der Waals surface area contributed by atoms with Crippen LogP contribution < -0.4 is 0 Å². The predicted molar refractivity (Wildman–Crippen MR) is 91.1 cm³/mol. The van der Waals surface area contributed by atoms with E-state index < -0.39 is 0 Å². The Hall–Kier alpha value is -2.63. The summed E-state index contributed by atoms with van der Waals surface area (Å²) in [6, 6.07) is 6.07. The van der Waals surface area contributed by atoms with Crippen LogP contribution in [-0.2, 0) is 0 Å². The third-order valence-electron chi connectivity index (χ3n) is 3.58. The van der Waals surface area contributed by atoms with Gasteiger partial charge in [-0.05, 0) is 45.9 Å². The van der Waals surface area contributed by atoms with Crippen LogP contribution >= 0.6 is 0 Å². The molecule has 3 aromatic rings. The third kappa shape index (κ3) is 2.84. The van der Waals surface area contributed by atoms with E-state index >= 15 is 0 Å². The maximum atomic E-state index is 10.5. The van der Waals surface area contributed by atoms with Gasteiger partial charge < -0.3 is 10.1 Å². The number of fused-ring (bicyclic) bond motifs is 1. The van der Waals surface area contributed by atoms with Crippen molar-refractivity contribution in [3.8, 4) is 5.88 Å². The van der Waals surface area contributed by atoms with Gasteiger partial charge in [-0.3, -0.25) is 9.56 Å². The number of hydrogen-bond donors (Lipinski definition) is 2. The lowest BCUT2D eigenvalue weighted by Crippen LogP contribution is -2.09. The number of aliphatic imine (C=N–C) groups is 1. The fourth-order valence-electron chi connectivity index (χ4n) is 2.50. The summed E-state index contributed by atoms with van der Waals surface area (Å²) in [5, 5.41) is 11.5. The van der Waals surface area contributed by atoms with Gasteiger partial charge in [0.05, 0.1) is 12.0 Å². The zero-order valence-electron chi connectivity index (χ0n) is 13.8. The Labute approximate surface area is 134 Å². The summed E-state index contributed by atoms with van der Waals surface area (Å²) >= 11 is 0. The van der Waals surface area contributed by atoms with E-state index in [1.165, 1.54) is 0 Å². The molecular weight excluding hydrogens is 290 g/mol. The number of aromatic hydroxyl groups is 1. The Morgan fingerprint density at radius 1 is 1.26 bits per heavy atom. The SMILES string of the molecule is CC(C)N=C(c1cc2cccnc2[nH]1)c1ncn(C(C)C)c1O. The molecular formula is C17H21N5O.